The molecule has 7 nitrogen and oxygen atoms in total. The van der Waals surface area contributed by atoms with Crippen molar-refractivity contribution in [2.45, 2.75) is 51.7 Å². The van der Waals surface area contributed by atoms with Crippen LogP contribution in [0.25, 0.3) is 0 Å². The second-order valence-corrected chi connectivity index (χ2v) is 8.16. The van der Waals surface area contributed by atoms with Crippen molar-refractivity contribution in [3.05, 3.63) is 16.1 Å². The molecule has 1 N–H and O–H groups in total. The van der Waals surface area contributed by atoms with Gasteiger partial charge in [-0.15, -0.1) is 11.3 Å². The van der Waals surface area contributed by atoms with Crippen LogP contribution in [0.5, 0.6) is 0 Å². The topological polar surface area (TPSA) is 74.8 Å². The van der Waals surface area contributed by atoms with Crippen LogP contribution < -0.4 is 5.32 Å². The summed E-state index contributed by atoms with van der Waals surface area (Å²) in [7, 11) is 0. The van der Waals surface area contributed by atoms with Crippen molar-refractivity contribution >= 4 is 23.3 Å². The molecule has 2 saturated heterocycles. The van der Waals surface area contributed by atoms with E-state index < -0.39 is 5.60 Å². The molecule has 2 aliphatic heterocycles. The van der Waals surface area contributed by atoms with Gasteiger partial charge in [0.2, 0.25) is 5.91 Å². The van der Waals surface area contributed by atoms with Crippen molar-refractivity contribution in [3.8, 4) is 0 Å². The highest BCUT2D eigenvalue weighted by Gasteiger charge is 2.41. The fraction of sp³-hybridized carbons (Fsp3) is 0.722. The highest BCUT2D eigenvalue weighted by Crippen LogP contribution is 2.32. The smallest absolute Gasteiger partial charge is 0.317 e. The van der Waals surface area contributed by atoms with Gasteiger partial charge in [0.25, 0.3) is 0 Å². The van der Waals surface area contributed by atoms with Crippen molar-refractivity contribution in [3.63, 3.8) is 0 Å². The minimum absolute atomic E-state index is 0.0119. The zero-order valence-electron chi connectivity index (χ0n) is 15.6. The number of aromatic nitrogens is 1. The van der Waals surface area contributed by atoms with Crippen LogP contribution in [0, 0.1) is 6.92 Å². The van der Waals surface area contributed by atoms with E-state index >= 15 is 0 Å². The molecule has 0 aromatic carbocycles. The van der Waals surface area contributed by atoms with E-state index in [1.54, 1.807) is 11.3 Å². The molecule has 0 bridgehead atoms. The second kappa shape index (κ2) is 8.35. The van der Waals surface area contributed by atoms with Gasteiger partial charge in [0, 0.05) is 31.6 Å². The number of hydrogen-bond acceptors (Lipinski definition) is 5. The van der Waals surface area contributed by atoms with Crippen LogP contribution in [0.3, 0.4) is 0 Å². The minimum Gasteiger partial charge on any atom is -0.372 e. The third kappa shape index (κ3) is 4.54. The Balaban J connectivity index is 1.56. The highest BCUT2D eigenvalue weighted by atomic mass is 32.1. The first-order valence-electron chi connectivity index (χ1n) is 9.37. The maximum Gasteiger partial charge on any atom is 0.317 e. The Hall–Kier alpha value is -1.67. The molecule has 3 heterocycles. The molecule has 1 aromatic rings. The summed E-state index contributed by atoms with van der Waals surface area (Å²) in [5.41, 5.74) is 0.518. The fourth-order valence-electron chi connectivity index (χ4n) is 3.56. The van der Waals surface area contributed by atoms with Crippen molar-refractivity contribution in [1.82, 2.24) is 20.1 Å². The average Bonchev–Trinajstić information content (AvgIpc) is 2.97. The van der Waals surface area contributed by atoms with Crippen LogP contribution in [0.4, 0.5) is 4.79 Å². The maximum atomic E-state index is 12.8. The number of amides is 3. The van der Waals surface area contributed by atoms with E-state index in [4.69, 9.17) is 4.74 Å². The number of carbonyl (C=O) groups is 2. The molecule has 3 rings (SSSR count). The van der Waals surface area contributed by atoms with E-state index in [0.29, 0.717) is 58.6 Å². The van der Waals surface area contributed by atoms with Crippen molar-refractivity contribution in [2.75, 3.05) is 32.8 Å². The first kappa shape index (κ1) is 19.1. The summed E-state index contributed by atoms with van der Waals surface area (Å²) in [6, 6.07) is -0.0119. The van der Waals surface area contributed by atoms with Gasteiger partial charge in [-0.25, -0.2) is 9.78 Å². The minimum atomic E-state index is -0.425. The van der Waals surface area contributed by atoms with Crippen molar-refractivity contribution in [1.29, 1.82) is 0 Å². The van der Waals surface area contributed by atoms with Gasteiger partial charge in [-0.05, 0) is 26.2 Å². The molecule has 0 unspecified atom stereocenters. The van der Waals surface area contributed by atoms with Crippen LogP contribution in [0.15, 0.2) is 5.38 Å². The predicted octanol–water partition coefficient (Wildman–Crippen LogP) is 2.15. The molecule has 0 radical (unpaired) electrons. The molecule has 0 aliphatic carbocycles. The summed E-state index contributed by atoms with van der Waals surface area (Å²) < 4.78 is 6.15. The number of thiazole rings is 1. The number of rotatable bonds is 4. The van der Waals surface area contributed by atoms with Crippen LogP contribution in [0.2, 0.25) is 0 Å². The van der Waals surface area contributed by atoms with Crippen LogP contribution in [-0.2, 0) is 16.1 Å². The Morgan fingerprint density at radius 1 is 1.38 bits per heavy atom. The normalized spacial score (nSPS) is 20.3. The monoisotopic (exact) mass is 380 g/mol. The third-order valence-corrected chi connectivity index (χ3v) is 5.93. The number of hydrogen-bond donors (Lipinski definition) is 1. The van der Waals surface area contributed by atoms with E-state index in [-0.39, 0.29) is 11.9 Å². The molecule has 144 valence electrons. The molecule has 3 amide bonds. The summed E-state index contributed by atoms with van der Waals surface area (Å²) in [5.74, 6) is 0.122. The molecule has 26 heavy (non-hydrogen) atoms. The molecule has 2 fully saturated rings. The molecule has 0 saturated carbocycles. The van der Waals surface area contributed by atoms with Gasteiger partial charge in [-0.2, -0.15) is 0 Å². The lowest BCUT2D eigenvalue weighted by molar-refractivity contribution is -0.135. The summed E-state index contributed by atoms with van der Waals surface area (Å²) >= 11 is 1.61. The zero-order valence-corrected chi connectivity index (χ0v) is 16.4. The Morgan fingerprint density at radius 2 is 2.15 bits per heavy atom. The SMILES string of the molecule is CCCNC(=O)N1CCC2(CC1)CC(=O)N(Cc1csc(C)n1)CCO2. The quantitative estimate of drug-likeness (QED) is 0.869. The number of carbonyl (C=O) groups excluding carboxylic acids is 2. The summed E-state index contributed by atoms with van der Waals surface area (Å²) in [4.78, 5) is 33.0. The first-order chi connectivity index (χ1) is 12.5. The van der Waals surface area contributed by atoms with Gasteiger partial charge in [-0.3, -0.25) is 4.79 Å². The fourth-order valence-corrected chi connectivity index (χ4v) is 4.17. The van der Waals surface area contributed by atoms with Gasteiger partial charge in [0.05, 0.1) is 35.9 Å². The lowest BCUT2D eigenvalue weighted by Crippen LogP contribution is -2.51. The van der Waals surface area contributed by atoms with Crippen molar-refractivity contribution in [2.24, 2.45) is 0 Å². The Bertz CT molecular complexity index is 640. The molecule has 2 aliphatic rings. The average molecular weight is 381 g/mol. The number of ether oxygens (including phenoxy) is 1. The van der Waals surface area contributed by atoms with Gasteiger partial charge in [0.1, 0.15) is 0 Å². The maximum absolute atomic E-state index is 12.8. The van der Waals surface area contributed by atoms with Gasteiger partial charge in [0.15, 0.2) is 0 Å². The number of nitrogens with zero attached hydrogens (tertiary/aromatic N) is 3. The van der Waals surface area contributed by atoms with Gasteiger partial charge >= 0.3 is 6.03 Å². The lowest BCUT2D eigenvalue weighted by Gasteiger charge is -2.40. The Morgan fingerprint density at radius 3 is 2.81 bits per heavy atom. The molecular weight excluding hydrogens is 352 g/mol. The molecule has 1 aromatic heterocycles. The largest absolute Gasteiger partial charge is 0.372 e. The van der Waals surface area contributed by atoms with E-state index in [9.17, 15) is 9.59 Å². The Labute approximate surface area is 158 Å². The van der Waals surface area contributed by atoms with E-state index in [2.05, 4.69) is 10.3 Å². The summed E-state index contributed by atoms with van der Waals surface area (Å²) in [5, 5.41) is 5.94. The number of aryl methyl sites for hydroxylation is 1. The van der Waals surface area contributed by atoms with E-state index in [0.717, 1.165) is 17.1 Å². The van der Waals surface area contributed by atoms with Gasteiger partial charge < -0.3 is 19.9 Å². The van der Waals surface area contributed by atoms with Gasteiger partial charge in [-0.1, -0.05) is 6.92 Å². The Kier molecular flexibility index (Phi) is 6.13. The number of urea groups is 1. The molecule has 1 spiro atoms. The number of nitrogens with one attached hydrogen (secondary N) is 1. The standard InChI is InChI=1S/C18H28N4O3S/c1-3-6-19-17(24)21-7-4-18(5-8-21)11-16(23)22(9-10-25-18)12-15-13-26-14(2)20-15/h13H,3-12H2,1-2H3,(H,19,24). The predicted molar refractivity (Wildman–Crippen MR) is 100 cm³/mol. The van der Waals surface area contributed by atoms with Crippen LogP contribution in [-0.4, -0.2) is 65.1 Å². The first-order valence-corrected chi connectivity index (χ1v) is 10.2. The number of piperidine rings is 1. The third-order valence-electron chi connectivity index (χ3n) is 5.10. The molecular formula is C18H28N4O3S. The number of likely N-dealkylation sites (tertiary alicyclic amines) is 1. The van der Waals surface area contributed by atoms with Crippen LogP contribution >= 0.6 is 11.3 Å². The van der Waals surface area contributed by atoms with Crippen molar-refractivity contribution < 1.29 is 14.3 Å². The van der Waals surface area contributed by atoms with E-state index in [1.165, 1.54) is 0 Å². The summed E-state index contributed by atoms with van der Waals surface area (Å²) in [6.45, 7) is 7.65. The molecule has 8 heteroatoms. The van der Waals surface area contributed by atoms with Crippen LogP contribution in [0.1, 0.15) is 43.3 Å². The lowest BCUT2D eigenvalue weighted by atomic mass is 9.87. The van der Waals surface area contributed by atoms with E-state index in [1.807, 2.05) is 29.0 Å². The highest BCUT2D eigenvalue weighted by molar-refractivity contribution is 7.09. The zero-order chi connectivity index (χ0) is 18.6. The second-order valence-electron chi connectivity index (χ2n) is 7.10. The summed E-state index contributed by atoms with van der Waals surface area (Å²) in [6.07, 6.45) is 2.74. The molecule has 0 atom stereocenters.